The van der Waals surface area contributed by atoms with E-state index in [-0.39, 0.29) is 18.1 Å². The number of nitrogens with zero attached hydrogens (tertiary/aromatic N) is 1. The van der Waals surface area contributed by atoms with Crippen LogP contribution >= 0.6 is 11.3 Å². The normalized spacial score (nSPS) is 10.2. The van der Waals surface area contributed by atoms with Crippen molar-refractivity contribution in [3.05, 3.63) is 35.3 Å². The quantitative estimate of drug-likeness (QED) is 0.847. The summed E-state index contributed by atoms with van der Waals surface area (Å²) in [6.07, 6.45) is 0.172. The molecule has 0 amide bonds. The van der Waals surface area contributed by atoms with E-state index in [0.29, 0.717) is 5.69 Å². The van der Waals surface area contributed by atoms with Crippen LogP contribution in [0.4, 0.5) is 0 Å². The van der Waals surface area contributed by atoms with Crippen LogP contribution in [0.15, 0.2) is 29.6 Å². The van der Waals surface area contributed by atoms with Crippen molar-refractivity contribution in [1.29, 1.82) is 0 Å². The van der Waals surface area contributed by atoms with Gasteiger partial charge in [0.05, 0.1) is 19.2 Å². The molecule has 0 saturated carbocycles. The average Bonchev–Trinajstić information content (AvgIpc) is 2.77. The van der Waals surface area contributed by atoms with Gasteiger partial charge >= 0.3 is 5.97 Å². The summed E-state index contributed by atoms with van der Waals surface area (Å²) in [5.74, 6) is -0.107. The number of esters is 1. The standard InChI is InChI=1S/C12H11NO3S/c1-16-11(15)6-9-7-17-12(13-9)8-3-2-4-10(14)5-8/h2-5,7,14H,6H2,1H3. The Bertz CT molecular complexity index is 536. The fourth-order valence-electron chi connectivity index (χ4n) is 1.38. The Labute approximate surface area is 103 Å². The smallest absolute Gasteiger partial charge is 0.311 e. The van der Waals surface area contributed by atoms with Crippen molar-refractivity contribution in [3.8, 4) is 16.3 Å². The third-order valence-corrected chi connectivity index (χ3v) is 3.14. The summed E-state index contributed by atoms with van der Waals surface area (Å²) in [4.78, 5) is 15.4. The van der Waals surface area contributed by atoms with Crippen molar-refractivity contribution in [2.45, 2.75) is 6.42 Å². The minimum atomic E-state index is -0.308. The SMILES string of the molecule is COC(=O)Cc1csc(-c2cccc(O)c2)n1. The van der Waals surface area contributed by atoms with Crippen LogP contribution in [-0.2, 0) is 16.0 Å². The molecule has 0 aliphatic carbocycles. The van der Waals surface area contributed by atoms with Gasteiger partial charge in [-0.2, -0.15) is 0 Å². The topological polar surface area (TPSA) is 59.4 Å². The molecule has 5 heteroatoms. The Hall–Kier alpha value is -1.88. The number of hydrogen-bond donors (Lipinski definition) is 1. The summed E-state index contributed by atoms with van der Waals surface area (Å²) in [7, 11) is 1.35. The molecule has 17 heavy (non-hydrogen) atoms. The van der Waals surface area contributed by atoms with E-state index >= 15 is 0 Å². The van der Waals surface area contributed by atoms with Crippen LogP contribution in [-0.4, -0.2) is 23.2 Å². The number of phenolic OH excluding ortho intramolecular Hbond substituents is 1. The van der Waals surface area contributed by atoms with Crippen LogP contribution in [0.2, 0.25) is 0 Å². The highest BCUT2D eigenvalue weighted by Gasteiger charge is 2.09. The monoisotopic (exact) mass is 249 g/mol. The summed E-state index contributed by atoms with van der Waals surface area (Å²) < 4.78 is 4.57. The van der Waals surface area contributed by atoms with E-state index in [1.807, 2.05) is 11.4 Å². The van der Waals surface area contributed by atoms with Gasteiger partial charge in [0.15, 0.2) is 0 Å². The molecule has 1 N–H and O–H groups in total. The molecule has 1 aromatic carbocycles. The molecular weight excluding hydrogens is 238 g/mol. The second-order valence-electron chi connectivity index (χ2n) is 3.45. The van der Waals surface area contributed by atoms with Crippen molar-refractivity contribution in [1.82, 2.24) is 4.98 Å². The molecule has 88 valence electrons. The number of phenols is 1. The minimum absolute atomic E-state index is 0.172. The zero-order valence-corrected chi connectivity index (χ0v) is 10.0. The predicted molar refractivity (Wildman–Crippen MR) is 64.9 cm³/mol. The Balaban J connectivity index is 2.21. The van der Waals surface area contributed by atoms with E-state index in [9.17, 15) is 9.90 Å². The van der Waals surface area contributed by atoms with Gasteiger partial charge in [0.2, 0.25) is 0 Å². The maximum absolute atomic E-state index is 11.1. The van der Waals surface area contributed by atoms with Crippen LogP contribution < -0.4 is 0 Å². The van der Waals surface area contributed by atoms with Crippen molar-refractivity contribution >= 4 is 17.3 Å². The van der Waals surface area contributed by atoms with E-state index < -0.39 is 0 Å². The van der Waals surface area contributed by atoms with E-state index in [1.54, 1.807) is 18.2 Å². The zero-order chi connectivity index (χ0) is 12.3. The third-order valence-electron chi connectivity index (χ3n) is 2.20. The van der Waals surface area contributed by atoms with Gasteiger partial charge < -0.3 is 9.84 Å². The molecule has 0 atom stereocenters. The lowest BCUT2D eigenvalue weighted by Gasteiger charge is -1.97. The van der Waals surface area contributed by atoms with Crippen LogP contribution in [0.1, 0.15) is 5.69 Å². The first-order valence-electron chi connectivity index (χ1n) is 4.99. The second-order valence-corrected chi connectivity index (χ2v) is 4.31. The zero-order valence-electron chi connectivity index (χ0n) is 9.21. The van der Waals surface area contributed by atoms with Crippen molar-refractivity contribution in [3.63, 3.8) is 0 Å². The summed E-state index contributed by atoms with van der Waals surface area (Å²) in [5, 5.41) is 12.0. The number of carbonyl (C=O) groups excluding carboxylic acids is 1. The van der Waals surface area contributed by atoms with Crippen LogP contribution in [0.3, 0.4) is 0 Å². The lowest BCUT2D eigenvalue weighted by atomic mass is 10.2. The van der Waals surface area contributed by atoms with Crippen LogP contribution in [0, 0.1) is 0 Å². The first-order valence-corrected chi connectivity index (χ1v) is 5.87. The molecule has 0 fully saturated rings. The molecular formula is C12H11NO3S. The van der Waals surface area contributed by atoms with Gasteiger partial charge in [0.1, 0.15) is 10.8 Å². The van der Waals surface area contributed by atoms with Crippen molar-refractivity contribution in [2.24, 2.45) is 0 Å². The maximum Gasteiger partial charge on any atom is 0.311 e. The van der Waals surface area contributed by atoms with Gasteiger partial charge in [-0.15, -0.1) is 11.3 Å². The van der Waals surface area contributed by atoms with Gasteiger partial charge in [-0.3, -0.25) is 4.79 Å². The first-order chi connectivity index (χ1) is 8.19. The number of benzene rings is 1. The Kier molecular flexibility index (Phi) is 3.39. The van der Waals surface area contributed by atoms with Gasteiger partial charge in [-0.05, 0) is 12.1 Å². The van der Waals surface area contributed by atoms with E-state index in [0.717, 1.165) is 10.6 Å². The number of ether oxygens (including phenoxy) is 1. The summed E-state index contributed by atoms with van der Waals surface area (Å²) >= 11 is 1.43. The summed E-state index contributed by atoms with van der Waals surface area (Å²) in [6, 6.07) is 6.86. The lowest BCUT2D eigenvalue weighted by Crippen LogP contribution is -2.04. The summed E-state index contributed by atoms with van der Waals surface area (Å²) in [6.45, 7) is 0. The number of aromatic nitrogens is 1. The first kappa shape index (κ1) is 11.6. The molecule has 4 nitrogen and oxygen atoms in total. The molecule has 0 saturated heterocycles. The van der Waals surface area contributed by atoms with Crippen LogP contribution in [0.25, 0.3) is 10.6 Å². The average molecular weight is 249 g/mol. The molecule has 0 radical (unpaired) electrons. The molecule has 0 unspecified atom stereocenters. The largest absolute Gasteiger partial charge is 0.508 e. The number of aromatic hydroxyl groups is 1. The molecule has 0 aliphatic rings. The van der Waals surface area contributed by atoms with Crippen molar-refractivity contribution in [2.75, 3.05) is 7.11 Å². The number of methoxy groups -OCH3 is 1. The summed E-state index contributed by atoms with van der Waals surface area (Å²) in [5.41, 5.74) is 1.52. The number of thiazole rings is 1. The van der Waals surface area contributed by atoms with Crippen molar-refractivity contribution < 1.29 is 14.6 Å². The lowest BCUT2D eigenvalue weighted by molar-refractivity contribution is -0.139. The molecule has 0 aliphatic heterocycles. The Morgan fingerprint density at radius 2 is 2.35 bits per heavy atom. The molecule has 2 aromatic rings. The number of rotatable bonds is 3. The second kappa shape index (κ2) is 4.97. The van der Waals surface area contributed by atoms with Gasteiger partial charge in [-0.25, -0.2) is 4.98 Å². The van der Waals surface area contributed by atoms with E-state index in [2.05, 4.69) is 9.72 Å². The van der Waals surface area contributed by atoms with Gasteiger partial charge in [0.25, 0.3) is 0 Å². The van der Waals surface area contributed by atoms with E-state index in [4.69, 9.17) is 0 Å². The third kappa shape index (κ3) is 2.82. The van der Waals surface area contributed by atoms with Crippen LogP contribution in [0.5, 0.6) is 5.75 Å². The fourth-order valence-corrected chi connectivity index (χ4v) is 2.20. The van der Waals surface area contributed by atoms with Gasteiger partial charge in [-0.1, -0.05) is 12.1 Å². The molecule has 1 aromatic heterocycles. The molecule has 2 rings (SSSR count). The number of carbonyl (C=O) groups is 1. The number of hydrogen-bond acceptors (Lipinski definition) is 5. The molecule has 0 bridgehead atoms. The predicted octanol–water partition coefficient (Wildman–Crippen LogP) is 2.23. The molecule has 1 heterocycles. The fraction of sp³-hybridized carbons (Fsp3) is 0.167. The highest BCUT2D eigenvalue weighted by molar-refractivity contribution is 7.13. The van der Waals surface area contributed by atoms with E-state index in [1.165, 1.54) is 18.4 Å². The molecule has 0 spiro atoms. The Morgan fingerprint density at radius 3 is 3.06 bits per heavy atom. The Morgan fingerprint density at radius 1 is 1.53 bits per heavy atom. The maximum atomic E-state index is 11.1. The van der Waals surface area contributed by atoms with Gasteiger partial charge in [0, 0.05) is 10.9 Å². The minimum Gasteiger partial charge on any atom is -0.508 e. The highest BCUT2D eigenvalue weighted by atomic mass is 32.1. The highest BCUT2D eigenvalue weighted by Crippen LogP contribution is 2.26.